The lowest BCUT2D eigenvalue weighted by Gasteiger charge is -2.63. The number of carboxylic acid groups (broad SMARTS) is 1. The Bertz CT molecular complexity index is 904. The third kappa shape index (κ3) is 3.82. The first-order valence-electron chi connectivity index (χ1n) is 13.6. The smallest absolute Gasteiger partial charge is 0.303 e. The molecular formula is C27H43N3O4. The zero-order valence-corrected chi connectivity index (χ0v) is 21.1. The number of nitrogens with zero attached hydrogens (tertiary/aromatic N) is 3. The number of aromatic nitrogens is 3. The topological polar surface area (TPSA) is 108 Å². The third-order valence-corrected chi connectivity index (χ3v) is 11.3. The van der Waals surface area contributed by atoms with Gasteiger partial charge in [0.25, 0.3) is 0 Å². The summed E-state index contributed by atoms with van der Waals surface area (Å²) in [5.41, 5.74) is 1.11. The van der Waals surface area contributed by atoms with Crippen LogP contribution < -0.4 is 0 Å². The summed E-state index contributed by atoms with van der Waals surface area (Å²) in [7, 11) is 0. The number of hydrogen-bond donors (Lipinski definition) is 3. The number of rotatable bonds is 6. The van der Waals surface area contributed by atoms with Crippen molar-refractivity contribution < 1.29 is 20.1 Å². The Labute approximate surface area is 203 Å². The molecule has 3 N–H and O–H groups in total. The molecular weight excluding hydrogens is 430 g/mol. The summed E-state index contributed by atoms with van der Waals surface area (Å²) < 4.78 is 2.05. The fraction of sp³-hybridized carbons (Fsp3) is 0.889. The average Bonchev–Trinajstić information content (AvgIpc) is 3.41. The first-order valence-corrected chi connectivity index (χ1v) is 13.6. The van der Waals surface area contributed by atoms with E-state index in [-0.39, 0.29) is 36.0 Å². The van der Waals surface area contributed by atoms with Crippen molar-refractivity contribution in [2.24, 2.45) is 46.3 Å². The van der Waals surface area contributed by atoms with Gasteiger partial charge < -0.3 is 15.3 Å². The van der Waals surface area contributed by atoms with Crippen LogP contribution in [0.5, 0.6) is 0 Å². The van der Waals surface area contributed by atoms with Crippen molar-refractivity contribution in [1.82, 2.24) is 15.0 Å². The Morgan fingerprint density at radius 1 is 1.15 bits per heavy atom. The minimum Gasteiger partial charge on any atom is -0.481 e. The van der Waals surface area contributed by atoms with Crippen molar-refractivity contribution in [2.75, 3.05) is 0 Å². The van der Waals surface area contributed by atoms with Gasteiger partial charge in [0, 0.05) is 6.42 Å². The van der Waals surface area contributed by atoms with Crippen molar-refractivity contribution in [2.45, 2.75) is 104 Å². The summed E-state index contributed by atoms with van der Waals surface area (Å²) in [6.07, 6.45) is 11.5. The van der Waals surface area contributed by atoms with Crippen LogP contribution in [0.3, 0.4) is 0 Å². The highest BCUT2D eigenvalue weighted by Crippen LogP contribution is 2.70. The van der Waals surface area contributed by atoms with Crippen LogP contribution in [0.15, 0.2) is 6.20 Å². The van der Waals surface area contributed by atoms with Gasteiger partial charge in [-0.15, -0.1) is 5.10 Å². The highest BCUT2D eigenvalue weighted by atomic mass is 16.4. The normalized spacial score (nSPS) is 44.7. The van der Waals surface area contributed by atoms with E-state index in [1.807, 2.05) is 6.20 Å². The molecule has 4 fully saturated rings. The minimum absolute atomic E-state index is 0.0923. The van der Waals surface area contributed by atoms with Crippen LogP contribution in [0.25, 0.3) is 0 Å². The lowest BCUT2D eigenvalue weighted by atomic mass is 9.43. The van der Waals surface area contributed by atoms with Gasteiger partial charge >= 0.3 is 5.97 Å². The maximum absolute atomic E-state index is 11.2. The molecule has 4 aliphatic rings. The molecule has 0 aromatic carbocycles. The fourth-order valence-corrected chi connectivity index (χ4v) is 9.56. The van der Waals surface area contributed by atoms with Crippen LogP contribution in [0, 0.1) is 46.3 Å². The van der Waals surface area contributed by atoms with E-state index in [1.165, 1.54) is 25.7 Å². The Morgan fingerprint density at radius 3 is 2.59 bits per heavy atom. The lowest BCUT2D eigenvalue weighted by molar-refractivity contribution is -0.151. The second-order valence-corrected chi connectivity index (χ2v) is 12.7. The number of aliphatic hydroxyl groups excluding tert-OH is 2. The second kappa shape index (κ2) is 8.88. The van der Waals surface area contributed by atoms with E-state index in [9.17, 15) is 20.1 Å². The quantitative estimate of drug-likeness (QED) is 0.564. The molecule has 4 aliphatic carbocycles. The van der Waals surface area contributed by atoms with Crippen LogP contribution in [-0.2, 0) is 11.4 Å². The molecule has 0 radical (unpaired) electrons. The largest absolute Gasteiger partial charge is 0.481 e. The molecule has 0 aliphatic heterocycles. The second-order valence-electron chi connectivity index (χ2n) is 12.7. The molecule has 1 aromatic rings. The molecule has 0 bridgehead atoms. The van der Waals surface area contributed by atoms with E-state index in [4.69, 9.17) is 0 Å². The predicted molar refractivity (Wildman–Crippen MR) is 128 cm³/mol. The van der Waals surface area contributed by atoms with Gasteiger partial charge in [-0.25, -0.2) is 4.68 Å². The van der Waals surface area contributed by atoms with E-state index in [0.717, 1.165) is 32.1 Å². The Morgan fingerprint density at radius 2 is 1.88 bits per heavy atom. The Balaban J connectivity index is 1.49. The zero-order valence-electron chi connectivity index (χ0n) is 21.1. The summed E-state index contributed by atoms with van der Waals surface area (Å²) in [5, 5.41) is 38.1. The van der Waals surface area contributed by atoms with Gasteiger partial charge in [0.2, 0.25) is 0 Å². The molecule has 0 unspecified atom stereocenters. The standard InChI is InChI=1S/C27H43N3O4/c1-16(4-7-24(33)34)20-5-6-21-25-22(9-11-27(20,21)3)26(2)10-8-19(32)12-17(26)13-23(25)30-14-18(15-31)28-29-30/h14,16-17,19-23,25,31-32H,4-13,15H2,1-3H3,(H,33,34)/t16-,17+,19-,20-,21+,22+,23+,25+,26+,27-/m1/s1. The molecule has 0 spiro atoms. The van der Waals surface area contributed by atoms with Crippen molar-refractivity contribution in [3.05, 3.63) is 11.9 Å². The highest BCUT2D eigenvalue weighted by molar-refractivity contribution is 5.66. The molecule has 34 heavy (non-hydrogen) atoms. The first-order chi connectivity index (χ1) is 16.2. The van der Waals surface area contributed by atoms with E-state index in [2.05, 4.69) is 35.8 Å². The van der Waals surface area contributed by atoms with Crippen molar-refractivity contribution in [1.29, 1.82) is 0 Å². The third-order valence-electron chi connectivity index (χ3n) is 11.3. The molecule has 0 saturated heterocycles. The van der Waals surface area contributed by atoms with Gasteiger partial charge in [0.05, 0.1) is 24.9 Å². The SMILES string of the molecule is C[C@H](CCC(=O)O)[C@H]1CC[C@H]2[C@@H]3[C@@H](n4cc(CO)nn4)C[C@@H]4C[C@H](O)CC[C@]4(C)[C@H]3CC[C@]12C. The molecule has 10 atom stereocenters. The first kappa shape index (κ1) is 24.2. The van der Waals surface area contributed by atoms with Gasteiger partial charge in [-0.3, -0.25) is 4.79 Å². The number of hydrogen-bond acceptors (Lipinski definition) is 5. The van der Waals surface area contributed by atoms with Gasteiger partial charge in [-0.05, 0) is 104 Å². The number of aliphatic carboxylic acids is 1. The molecule has 190 valence electrons. The molecule has 1 aromatic heterocycles. The van der Waals surface area contributed by atoms with Crippen molar-refractivity contribution >= 4 is 5.97 Å². The van der Waals surface area contributed by atoms with E-state index in [1.54, 1.807) is 0 Å². The molecule has 0 amide bonds. The number of fused-ring (bicyclic) bond motifs is 5. The molecule has 7 nitrogen and oxygen atoms in total. The van der Waals surface area contributed by atoms with E-state index >= 15 is 0 Å². The van der Waals surface area contributed by atoms with E-state index < -0.39 is 5.97 Å². The molecule has 1 heterocycles. The van der Waals surface area contributed by atoms with Crippen LogP contribution in [0.1, 0.15) is 96.7 Å². The minimum atomic E-state index is -0.688. The number of aliphatic hydroxyl groups is 2. The van der Waals surface area contributed by atoms with Gasteiger partial charge in [-0.2, -0.15) is 0 Å². The zero-order chi connectivity index (χ0) is 24.3. The Hall–Kier alpha value is -1.47. The molecule has 4 saturated carbocycles. The fourth-order valence-electron chi connectivity index (χ4n) is 9.56. The van der Waals surface area contributed by atoms with E-state index in [0.29, 0.717) is 41.2 Å². The van der Waals surface area contributed by atoms with Crippen LogP contribution >= 0.6 is 0 Å². The highest BCUT2D eigenvalue weighted by Gasteiger charge is 2.63. The van der Waals surface area contributed by atoms with Crippen molar-refractivity contribution in [3.8, 4) is 0 Å². The van der Waals surface area contributed by atoms with Gasteiger partial charge in [-0.1, -0.05) is 26.0 Å². The van der Waals surface area contributed by atoms with Gasteiger partial charge in [0.1, 0.15) is 5.69 Å². The maximum Gasteiger partial charge on any atom is 0.303 e. The predicted octanol–water partition coefficient (Wildman–Crippen LogP) is 4.44. The van der Waals surface area contributed by atoms with Crippen LogP contribution in [0.4, 0.5) is 0 Å². The summed E-state index contributed by atoms with van der Waals surface area (Å²) in [6.45, 7) is 7.18. The molecule has 7 heteroatoms. The molecule has 5 rings (SSSR count). The lowest BCUT2D eigenvalue weighted by Crippen LogP contribution is -2.57. The maximum atomic E-state index is 11.2. The number of carbonyl (C=O) groups is 1. The van der Waals surface area contributed by atoms with Gasteiger partial charge in [0.15, 0.2) is 0 Å². The van der Waals surface area contributed by atoms with Crippen LogP contribution in [-0.4, -0.2) is 42.4 Å². The number of carboxylic acids is 1. The van der Waals surface area contributed by atoms with Crippen molar-refractivity contribution in [3.63, 3.8) is 0 Å². The summed E-state index contributed by atoms with van der Waals surface area (Å²) >= 11 is 0. The monoisotopic (exact) mass is 473 g/mol. The summed E-state index contributed by atoms with van der Waals surface area (Å²) in [5.74, 6) is 2.51. The summed E-state index contributed by atoms with van der Waals surface area (Å²) in [6, 6.07) is 0.249. The summed E-state index contributed by atoms with van der Waals surface area (Å²) in [4.78, 5) is 11.2. The Kier molecular flexibility index (Phi) is 6.33. The van der Waals surface area contributed by atoms with Crippen LogP contribution in [0.2, 0.25) is 0 Å². The average molecular weight is 474 g/mol.